The molecule has 0 heterocycles. The number of ether oxygens (including phenoxy) is 2. The largest absolute Gasteiger partial charge is 0.493 e. The van der Waals surface area contributed by atoms with Crippen molar-refractivity contribution in [2.45, 2.75) is 46.1 Å². The summed E-state index contributed by atoms with van der Waals surface area (Å²) in [5, 5.41) is 12.8. The molecule has 152 valence electrons. The topological polar surface area (TPSA) is 67.8 Å². The molecule has 0 spiro atoms. The first-order chi connectivity index (χ1) is 13.6. The molecule has 5 nitrogen and oxygen atoms in total. The maximum atomic E-state index is 12.7. The molecule has 2 N–H and O–H groups in total. The maximum Gasteiger partial charge on any atom is 0.251 e. The lowest BCUT2D eigenvalue weighted by Crippen LogP contribution is -2.27. The summed E-state index contributed by atoms with van der Waals surface area (Å²) in [4.78, 5) is 12.7. The van der Waals surface area contributed by atoms with Crippen LogP contribution in [-0.4, -0.2) is 31.3 Å². The molecule has 0 saturated heterocycles. The van der Waals surface area contributed by atoms with Crippen LogP contribution in [0.5, 0.6) is 11.5 Å². The van der Waals surface area contributed by atoms with Crippen LogP contribution in [0.3, 0.4) is 0 Å². The van der Waals surface area contributed by atoms with E-state index in [2.05, 4.69) is 36.5 Å². The van der Waals surface area contributed by atoms with Gasteiger partial charge in [-0.2, -0.15) is 0 Å². The van der Waals surface area contributed by atoms with Gasteiger partial charge in [0.2, 0.25) is 0 Å². The fourth-order valence-electron chi connectivity index (χ4n) is 2.99. The smallest absolute Gasteiger partial charge is 0.251 e. The van der Waals surface area contributed by atoms with E-state index in [4.69, 9.17) is 9.47 Å². The highest BCUT2D eigenvalue weighted by Gasteiger charge is 2.19. The minimum atomic E-state index is -0.291. The van der Waals surface area contributed by atoms with E-state index in [0.717, 1.165) is 25.7 Å². The summed E-state index contributed by atoms with van der Waals surface area (Å²) < 4.78 is 11.2. The van der Waals surface area contributed by atoms with Crippen molar-refractivity contribution < 1.29 is 19.4 Å². The summed E-state index contributed by atoms with van der Waals surface area (Å²) >= 11 is 0. The molecular formula is C23H31NO4. The van der Waals surface area contributed by atoms with Crippen molar-refractivity contribution in [1.82, 2.24) is 5.32 Å². The highest BCUT2D eigenvalue weighted by atomic mass is 16.5. The second-order valence-corrected chi connectivity index (χ2v) is 6.83. The van der Waals surface area contributed by atoms with Gasteiger partial charge in [-0.15, -0.1) is 0 Å². The third kappa shape index (κ3) is 5.99. The summed E-state index contributed by atoms with van der Waals surface area (Å²) in [5.74, 6) is 0.751. The van der Waals surface area contributed by atoms with E-state index in [0.29, 0.717) is 35.8 Å². The average Bonchev–Trinajstić information content (AvgIpc) is 2.71. The molecule has 2 rings (SSSR count). The lowest BCUT2D eigenvalue weighted by atomic mass is 10.0. The van der Waals surface area contributed by atoms with Gasteiger partial charge >= 0.3 is 0 Å². The van der Waals surface area contributed by atoms with E-state index >= 15 is 0 Å². The van der Waals surface area contributed by atoms with E-state index in [9.17, 15) is 9.90 Å². The first kappa shape index (κ1) is 21.8. The molecular weight excluding hydrogens is 354 g/mol. The van der Waals surface area contributed by atoms with Gasteiger partial charge in [0.1, 0.15) is 0 Å². The number of rotatable bonds is 11. The molecule has 5 heteroatoms. The molecule has 0 aromatic heterocycles. The van der Waals surface area contributed by atoms with Crippen LogP contribution in [0, 0.1) is 6.92 Å². The standard InChI is InChI=1S/C23H31NO4/c1-4-5-6-15-28-22-20(16-25)19(11-12-21(22)27-3)23(26)24-14-13-18-9-7-17(2)8-10-18/h7-12,25H,4-6,13-16H2,1-3H3,(H,24,26). The van der Waals surface area contributed by atoms with Gasteiger partial charge in [0.15, 0.2) is 11.5 Å². The number of methoxy groups -OCH3 is 1. The number of carbonyl (C=O) groups excluding carboxylic acids is 1. The Balaban J connectivity index is 2.07. The number of aliphatic hydroxyl groups is 1. The van der Waals surface area contributed by atoms with E-state index < -0.39 is 0 Å². The average molecular weight is 386 g/mol. The molecule has 0 fully saturated rings. The Morgan fingerprint density at radius 1 is 1.11 bits per heavy atom. The highest BCUT2D eigenvalue weighted by Crippen LogP contribution is 2.34. The molecule has 0 aliphatic heterocycles. The van der Waals surface area contributed by atoms with Gasteiger partial charge in [0.05, 0.1) is 20.3 Å². The van der Waals surface area contributed by atoms with Gasteiger partial charge in [-0.05, 0) is 37.5 Å². The predicted octanol–water partition coefficient (Wildman–Crippen LogP) is 4.04. The predicted molar refractivity (Wildman–Crippen MR) is 111 cm³/mol. The summed E-state index contributed by atoms with van der Waals surface area (Å²) in [7, 11) is 1.55. The Morgan fingerprint density at radius 3 is 2.50 bits per heavy atom. The number of hydrogen-bond donors (Lipinski definition) is 2. The van der Waals surface area contributed by atoms with Gasteiger partial charge in [-0.3, -0.25) is 4.79 Å². The fourth-order valence-corrected chi connectivity index (χ4v) is 2.99. The van der Waals surface area contributed by atoms with Crippen LogP contribution in [0.4, 0.5) is 0 Å². The lowest BCUT2D eigenvalue weighted by Gasteiger charge is -2.17. The number of hydrogen-bond acceptors (Lipinski definition) is 4. The number of amides is 1. The molecule has 0 aliphatic carbocycles. The number of carbonyl (C=O) groups is 1. The van der Waals surface area contributed by atoms with Gasteiger partial charge in [-0.1, -0.05) is 49.6 Å². The second-order valence-electron chi connectivity index (χ2n) is 6.83. The van der Waals surface area contributed by atoms with Crippen LogP contribution in [0.2, 0.25) is 0 Å². The Hall–Kier alpha value is -2.53. The zero-order valence-corrected chi connectivity index (χ0v) is 17.1. The van der Waals surface area contributed by atoms with E-state index in [1.54, 1.807) is 19.2 Å². The van der Waals surface area contributed by atoms with Crippen molar-refractivity contribution >= 4 is 5.91 Å². The maximum absolute atomic E-state index is 12.7. The number of benzene rings is 2. The Morgan fingerprint density at radius 2 is 1.86 bits per heavy atom. The van der Waals surface area contributed by atoms with Crippen molar-refractivity contribution in [1.29, 1.82) is 0 Å². The Bertz CT molecular complexity index is 756. The molecule has 1 amide bonds. The Labute approximate surface area is 167 Å². The molecule has 0 unspecified atom stereocenters. The molecule has 28 heavy (non-hydrogen) atoms. The van der Waals surface area contributed by atoms with Crippen LogP contribution >= 0.6 is 0 Å². The third-order valence-corrected chi connectivity index (χ3v) is 4.66. The van der Waals surface area contributed by atoms with Gasteiger partial charge in [0.25, 0.3) is 5.91 Å². The minimum Gasteiger partial charge on any atom is -0.493 e. The molecule has 0 aliphatic rings. The van der Waals surface area contributed by atoms with Gasteiger partial charge in [0, 0.05) is 17.7 Å². The second kappa shape index (κ2) is 11.3. The van der Waals surface area contributed by atoms with Crippen LogP contribution in [0.25, 0.3) is 0 Å². The molecule has 0 radical (unpaired) electrons. The molecule has 0 atom stereocenters. The van der Waals surface area contributed by atoms with E-state index in [1.165, 1.54) is 11.1 Å². The zero-order chi connectivity index (χ0) is 20.4. The summed E-state index contributed by atoms with van der Waals surface area (Å²) in [6.07, 6.45) is 3.82. The minimum absolute atomic E-state index is 0.225. The quantitative estimate of drug-likeness (QED) is 0.573. The number of nitrogens with one attached hydrogen (secondary N) is 1. The van der Waals surface area contributed by atoms with Crippen molar-refractivity contribution in [3.63, 3.8) is 0 Å². The fraction of sp³-hybridized carbons (Fsp3) is 0.435. The lowest BCUT2D eigenvalue weighted by molar-refractivity contribution is 0.0950. The first-order valence-corrected chi connectivity index (χ1v) is 9.88. The number of aliphatic hydroxyl groups excluding tert-OH is 1. The first-order valence-electron chi connectivity index (χ1n) is 9.88. The van der Waals surface area contributed by atoms with Crippen molar-refractivity contribution in [3.8, 4) is 11.5 Å². The normalized spacial score (nSPS) is 10.6. The highest BCUT2D eigenvalue weighted by molar-refractivity contribution is 5.96. The zero-order valence-electron chi connectivity index (χ0n) is 17.1. The SMILES string of the molecule is CCCCCOc1c(OC)ccc(C(=O)NCCc2ccc(C)cc2)c1CO. The van der Waals surface area contributed by atoms with Crippen LogP contribution in [0.15, 0.2) is 36.4 Å². The van der Waals surface area contributed by atoms with Gasteiger partial charge in [-0.25, -0.2) is 0 Å². The molecule has 0 saturated carbocycles. The summed E-state index contributed by atoms with van der Waals surface area (Å²) in [6.45, 7) is 4.93. The Kier molecular flexibility index (Phi) is 8.82. The van der Waals surface area contributed by atoms with Crippen molar-refractivity contribution in [2.24, 2.45) is 0 Å². The van der Waals surface area contributed by atoms with E-state index in [1.807, 2.05) is 6.92 Å². The number of unbranched alkanes of at least 4 members (excludes halogenated alkanes) is 2. The van der Waals surface area contributed by atoms with Crippen LogP contribution in [-0.2, 0) is 13.0 Å². The number of aryl methyl sites for hydroxylation is 1. The molecule has 0 bridgehead atoms. The van der Waals surface area contributed by atoms with Crippen LogP contribution < -0.4 is 14.8 Å². The van der Waals surface area contributed by atoms with Crippen molar-refractivity contribution in [3.05, 3.63) is 58.7 Å². The van der Waals surface area contributed by atoms with Crippen LogP contribution in [0.1, 0.15) is 53.2 Å². The summed E-state index contributed by atoms with van der Waals surface area (Å²) in [6, 6.07) is 11.6. The molecule has 2 aromatic rings. The van der Waals surface area contributed by atoms with E-state index in [-0.39, 0.29) is 12.5 Å². The monoisotopic (exact) mass is 385 g/mol. The van der Waals surface area contributed by atoms with Crippen molar-refractivity contribution in [2.75, 3.05) is 20.3 Å². The van der Waals surface area contributed by atoms with Gasteiger partial charge < -0.3 is 19.9 Å². The molecule has 2 aromatic carbocycles. The third-order valence-electron chi connectivity index (χ3n) is 4.66. The summed E-state index contributed by atoms with van der Waals surface area (Å²) in [5.41, 5.74) is 3.26.